The predicted molar refractivity (Wildman–Crippen MR) is 91.9 cm³/mol. The molecule has 0 aliphatic rings. The zero-order valence-corrected chi connectivity index (χ0v) is 14.1. The van der Waals surface area contributed by atoms with Crippen LogP contribution < -0.4 is 10.5 Å². The fourth-order valence-electron chi connectivity index (χ4n) is 1.95. The number of rotatable bonds is 5. The van der Waals surface area contributed by atoms with Crippen LogP contribution in [0.1, 0.15) is 11.4 Å². The maximum Gasteiger partial charge on any atom is 0.176 e. The molecule has 0 fully saturated rings. The van der Waals surface area contributed by atoms with E-state index in [4.69, 9.17) is 38.3 Å². The summed E-state index contributed by atoms with van der Waals surface area (Å²) >= 11 is 11.6. The number of amidine groups is 1. The molecule has 0 saturated heterocycles. The van der Waals surface area contributed by atoms with E-state index in [1.165, 1.54) is 18.2 Å². The van der Waals surface area contributed by atoms with E-state index in [0.29, 0.717) is 22.2 Å². The van der Waals surface area contributed by atoms with E-state index in [9.17, 15) is 4.39 Å². The van der Waals surface area contributed by atoms with E-state index in [-0.39, 0.29) is 23.2 Å². The summed E-state index contributed by atoms with van der Waals surface area (Å²) in [5, 5.41) is 7.97. The Labute approximate surface area is 152 Å². The third-order valence-corrected chi connectivity index (χ3v) is 3.65. The molecule has 0 saturated carbocycles. The second-order valence-electron chi connectivity index (χ2n) is 4.90. The summed E-state index contributed by atoms with van der Waals surface area (Å²) in [4.78, 5) is 4.14. The first kappa shape index (κ1) is 17.2. The number of nitrogens with zero attached hydrogens (tertiary/aromatic N) is 3. The second kappa shape index (κ2) is 7.50. The molecule has 3 aromatic rings. The Morgan fingerprint density at radius 1 is 1.20 bits per heavy atom. The maximum absolute atomic E-state index is 13.2. The predicted octanol–water partition coefficient (Wildman–Crippen LogP) is 4.13. The van der Waals surface area contributed by atoms with Crippen molar-refractivity contribution < 1.29 is 13.8 Å². The lowest BCUT2D eigenvalue weighted by Gasteiger charge is -2.05. The summed E-state index contributed by atoms with van der Waals surface area (Å²) in [6, 6.07) is 10.9. The van der Waals surface area contributed by atoms with Gasteiger partial charge in [0.25, 0.3) is 0 Å². The van der Waals surface area contributed by atoms with Gasteiger partial charge in [-0.05, 0) is 41.6 Å². The Hall–Kier alpha value is -2.64. The van der Waals surface area contributed by atoms with Crippen LogP contribution in [0.2, 0.25) is 10.0 Å². The summed E-state index contributed by atoms with van der Waals surface area (Å²) in [7, 11) is 0. The van der Waals surface area contributed by atoms with Gasteiger partial charge >= 0.3 is 0 Å². The molecular weight excluding hydrogens is 370 g/mol. The molecule has 0 radical (unpaired) electrons. The first-order valence-electron chi connectivity index (χ1n) is 7.02. The molecule has 0 bridgehead atoms. The Bertz CT molecular complexity index is 930. The molecule has 0 spiro atoms. The van der Waals surface area contributed by atoms with Gasteiger partial charge in [0.05, 0.1) is 10.7 Å². The maximum atomic E-state index is 13.2. The number of nitrogens with two attached hydrogens (primary N) is 1. The lowest BCUT2D eigenvalue weighted by Crippen LogP contribution is -2.16. The van der Waals surface area contributed by atoms with Crippen LogP contribution in [0.15, 0.2) is 52.1 Å². The van der Waals surface area contributed by atoms with Crippen molar-refractivity contribution in [2.75, 3.05) is 0 Å². The van der Waals surface area contributed by atoms with Gasteiger partial charge in [-0.25, -0.2) is 14.0 Å². The number of hydrogen-bond donors (Lipinski definition) is 1. The van der Waals surface area contributed by atoms with Crippen molar-refractivity contribution in [2.45, 2.75) is 6.61 Å². The van der Waals surface area contributed by atoms with Crippen molar-refractivity contribution in [3.63, 3.8) is 0 Å². The smallest absolute Gasteiger partial charge is 0.176 e. The molecule has 1 heterocycles. The standard InChI is InChI=1S/C16H11Cl2FN4O2/c17-9-2-1-3-11(6-9)24-8-14-15(23-25-22-14)16(20)21-10-4-5-13(19)12(18)7-10/h1-7H,8H2,(H2,20,21). The minimum Gasteiger partial charge on any atom is -0.487 e. The number of ether oxygens (including phenoxy) is 1. The molecule has 6 nitrogen and oxygen atoms in total. The van der Waals surface area contributed by atoms with Gasteiger partial charge in [-0.3, -0.25) is 0 Å². The van der Waals surface area contributed by atoms with Crippen molar-refractivity contribution in [3.8, 4) is 5.75 Å². The third kappa shape index (κ3) is 4.26. The van der Waals surface area contributed by atoms with Crippen molar-refractivity contribution in [1.82, 2.24) is 10.3 Å². The van der Waals surface area contributed by atoms with Gasteiger partial charge in [-0.15, -0.1) is 0 Å². The molecule has 2 N–H and O–H groups in total. The molecule has 9 heteroatoms. The van der Waals surface area contributed by atoms with Crippen molar-refractivity contribution in [2.24, 2.45) is 10.7 Å². The van der Waals surface area contributed by atoms with Gasteiger partial charge in [0.15, 0.2) is 17.2 Å². The van der Waals surface area contributed by atoms with Crippen LogP contribution in [0.3, 0.4) is 0 Å². The molecule has 0 amide bonds. The van der Waals surface area contributed by atoms with Crippen LogP contribution in [-0.2, 0) is 6.61 Å². The minimum absolute atomic E-state index is 0.0358. The van der Waals surface area contributed by atoms with Gasteiger partial charge in [0.2, 0.25) is 0 Å². The summed E-state index contributed by atoms with van der Waals surface area (Å²) in [5.74, 6) is 0.0498. The van der Waals surface area contributed by atoms with Crippen LogP contribution in [0, 0.1) is 5.82 Å². The Kier molecular flexibility index (Phi) is 5.16. The molecular formula is C16H11Cl2FN4O2. The van der Waals surface area contributed by atoms with E-state index < -0.39 is 5.82 Å². The monoisotopic (exact) mass is 380 g/mol. The van der Waals surface area contributed by atoms with Crippen molar-refractivity contribution in [1.29, 1.82) is 0 Å². The number of aromatic nitrogens is 2. The average molecular weight is 381 g/mol. The molecule has 25 heavy (non-hydrogen) atoms. The highest BCUT2D eigenvalue weighted by molar-refractivity contribution is 6.31. The molecule has 0 atom stereocenters. The van der Waals surface area contributed by atoms with Crippen LogP contribution in [0.4, 0.5) is 10.1 Å². The van der Waals surface area contributed by atoms with E-state index in [1.54, 1.807) is 24.3 Å². The highest BCUT2D eigenvalue weighted by Crippen LogP contribution is 2.22. The molecule has 0 aliphatic heterocycles. The van der Waals surface area contributed by atoms with Crippen LogP contribution >= 0.6 is 23.2 Å². The van der Waals surface area contributed by atoms with E-state index in [0.717, 1.165) is 0 Å². The molecule has 0 aliphatic carbocycles. The van der Waals surface area contributed by atoms with Crippen molar-refractivity contribution >= 4 is 34.7 Å². The summed E-state index contributed by atoms with van der Waals surface area (Å²) in [6.07, 6.45) is 0. The van der Waals surface area contributed by atoms with E-state index in [2.05, 4.69) is 15.3 Å². The second-order valence-corrected chi connectivity index (χ2v) is 5.74. The number of halogens is 3. The summed E-state index contributed by atoms with van der Waals surface area (Å²) in [5.41, 5.74) is 6.88. The van der Waals surface area contributed by atoms with Crippen LogP contribution in [0.25, 0.3) is 0 Å². The Morgan fingerprint density at radius 3 is 2.80 bits per heavy atom. The molecule has 0 unspecified atom stereocenters. The van der Waals surface area contributed by atoms with Crippen LogP contribution in [0.5, 0.6) is 5.75 Å². The van der Waals surface area contributed by atoms with E-state index >= 15 is 0 Å². The highest BCUT2D eigenvalue weighted by Gasteiger charge is 2.15. The average Bonchev–Trinajstić information content (AvgIpc) is 3.05. The first-order valence-corrected chi connectivity index (χ1v) is 7.78. The first-order chi connectivity index (χ1) is 12.0. The fraction of sp³-hybridized carbons (Fsp3) is 0.0625. The highest BCUT2D eigenvalue weighted by atomic mass is 35.5. The Morgan fingerprint density at radius 2 is 2.04 bits per heavy atom. The Balaban J connectivity index is 1.78. The molecule has 1 aromatic heterocycles. The number of benzene rings is 2. The van der Waals surface area contributed by atoms with Crippen LogP contribution in [-0.4, -0.2) is 16.1 Å². The van der Waals surface area contributed by atoms with Gasteiger partial charge in [0.1, 0.15) is 18.2 Å². The quantitative estimate of drug-likeness (QED) is 0.531. The SMILES string of the molecule is NC(=Nc1ccc(F)c(Cl)c1)c1nonc1COc1cccc(Cl)c1. The lowest BCUT2D eigenvalue weighted by molar-refractivity contribution is 0.270. The van der Waals surface area contributed by atoms with E-state index in [1.807, 2.05) is 0 Å². The number of aliphatic imine (C=N–C) groups is 1. The van der Waals surface area contributed by atoms with Crippen molar-refractivity contribution in [3.05, 3.63) is 69.7 Å². The number of hydrogen-bond acceptors (Lipinski definition) is 5. The van der Waals surface area contributed by atoms with Gasteiger partial charge in [0, 0.05) is 5.02 Å². The molecule has 128 valence electrons. The third-order valence-electron chi connectivity index (χ3n) is 3.12. The zero-order chi connectivity index (χ0) is 17.8. The molecule has 2 aromatic carbocycles. The largest absolute Gasteiger partial charge is 0.487 e. The normalized spacial score (nSPS) is 11.6. The fourth-order valence-corrected chi connectivity index (χ4v) is 2.31. The van der Waals surface area contributed by atoms with Gasteiger partial charge in [-0.1, -0.05) is 34.4 Å². The van der Waals surface area contributed by atoms with Gasteiger partial charge < -0.3 is 10.5 Å². The zero-order valence-electron chi connectivity index (χ0n) is 12.6. The van der Waals surface area contributed by atoms with Gasteiger partial charge in [-0.2, -0.15) is 0 Å². The minimum atomic E-state index is -0.544. The lowest BCUT2D eigenvalue weighted by atomic mass is 10.3. The molecule has 3 rings (SSSR count). The summed E-state index contributed by atoms with van der Waals surface area (Å²) < 4.78 is 23.5. The summed E-state index contributed by atoms with van der Waals surface area (Å²) in [6.45, 7) is 0.0551. The topological polar surface area (TPSA) is 86.5 Å².